The van der Waals surface area contributed by atoms with Crippen LogP contribution in [0.1, 0.15) is 13.8 Å². The van der Waals surface area contributed by atoms with Crippen LogP contribution in [0.15, 0.2) is 33.6 Å². The number of Topliss-reactive ketones (excluding diaryl/α,β-unsaturated/α-hetero) is 1. The van der Waals surface area contributed by atoms with Crippen LogP contribution in [0.2, 0.25) is 0 Å². The third kappa shape index (κ3) is 3.53. The van der Waals surface area contributed by atoms with Gasteiger partial charge in [0.05, 0.1) is 5.25 Å². The highest BCUT2D eigenvalue weighted by Crippen LogP contribution is 2.24. The molecule has 0 spiro atoms. The van der Waals surface area contributed by atoms with Crippen molar-refractivity contribution in [2.45, 2.75) is 24.0 Å². The molecule has 0 aliphatic carbocycles. The summed E-state index contributed by atoms with van der Waals surface area (Å²) in [6, 6.07) is 7.98. The van der Waals surface area contributed by atoms with E-state index in [4.69, 9.17) is 0 Å². The molecule has 0 saturated carbocycles. The maximum atomic E-state index is 11.0. The molecular formula is C10H11BrOS. The molecule has 0 aliphatic heterocycles. The second kappa shape index (κ2) is 4.82. The SMILES string of the molecule is CC(=O)[C@@H](C)Sc1ccc(Br)cc1. The van der Waals surface area contributed by atoms with Crippen LogP contribution >= 0.6 is 27.7 Å². The average Bonchev–Trinajstić information content (AvgIpc) is 2.08. The molecule has 0 N–H and O–H groups in total. The molecule has 1 nitrogen and oxygen atoms in total. The van der Waals surface area contributed by atoms with E-state index in [1.54, 1.807) is 18.7 Å². The van der Waals surface area contributed by atoms with E-state index in [0.29, 0.717) is 0 Å². The summed E-state index contributed by atoms with van der Waals surface area (Å²) in [5.41, 5.74) is 0. The van der Waals surface area contributed by atoms with Gasteiger partial charge in [-0.15, -0.1) is 11.8 Å². The van der Waals surface area contributed by atoms with Gasteiger partial charge >= 0.3 is 0 Å². The zero-order valence-corrected chi connectivity index (χ0v) is 9.98. The van der Waals surface area contributed by atoms with Crippen LogP contribution in [0.5, 0.6) is 0 Å². The molecule has 1 aromatic carbocycles. The largest absolute Gasteiger partial charge is 0.299 e. The Kier molecular flexibility index (Phi) is 4.00. The van der Waals surface area contributed by atoms with Crippen LogP contribution in [-0.4, -0.2) is 11.0 Å². The molecule has 1 rings (SSSR count). The third-order valence-corrected chi connectivity index (χ3v) is 3.46. The van der Waals surface area contributed by atoms with Crippen molar-refractivity contribution >= 4 is 33.5 Å². The Bertz CT molecular complexity index is 294. The van der Waals surface area contributed by atoms with Gasteiger partial charge in [0.15, 0.2) is 0 Å². The van der Waals surface area contributed by atoms with Crippen molar-refractivity contribution in [3.05, 3.63) is 28.7 Å². The molecule has 0 saturated heterocycles. The summed E-state index contributed by atoms with van der Waals surface area (Å²) in [7, 11) is 0. The van der Waals surface area contributed by atoms with Crippen LogP contribution in [-0.2, 0) is 4.79 Å². The van der Waals surface area contributed by atoms with Gasteiger partial charge in [0, 0.05) is 9.37 Å². The third-order valence-electron chi connectivity index (χ3n) is 1.70. The van der Waals surface area contributed by atoms with Crippen LogP contribution < -0.4 is 0 Å². The summed E-state index contributed by atoms with van der Waals surface area (Å²) in [4.78, 5) is 12.1. The van der Waals surface area contributed by atoms with Crippen LogP contribution in [0.4, 0.5) is 0 Å². The smallest absolute Gasteiger partial charge is 0.142 e. The first-order valence-electron chi connectivity index (χ1n) is 4.02. The molecule has 0 aliphatic rings. The molecule has 0 bridgehead atoms. The highest BCUT2D eigenvalue weighted by atomic mass is 79.9. The molecule has 0 amide bonds. The Morgan fingerprint density at radius 3 is 2.38 bits per heavy atom. The van der Waals surface area contributed by atoms with E-state index in [1.807, 2.05) is 31.2 Å². The van der Waals surface area contributed by atoms with Gasteiger partial charge in [-0.25, -0.2) is 0 Å². The first-order chi connectivity index (χ1) is 6.09. The number of halogens is 1. The first-order valence-corrected chi connectivity index (χ1v) is 5.69. The highest BCUT2D eigenvalue weighted by molar-refractivity contribution is 9.10. The molecule has 0 radical (unpaired) electrons. The first kappa shape index (κ1) is 10.8. The monoisotopic (exact) mass is 258 g/mol. The lowest BCUT2D eigenvalue weighted by atomic mass is 10.3. The van der Waals surface area contributed by atoms with E-state index in [-0.39, 0.29) is 11.0 Å². The minimum atomic E-state index is 0.0428. The minimum Gasteiger partial charge on any atom is -0.299 e. The van der Waals surface area contributed by atoms with Crippen molar-refractivity contribution < 1.29 is 4.79 Å². The Balaban J connectivity index is 2.64. The summed E-state index contributed by atoms with van der Waals surface area (Å²) < 4.78 is 1.06. The summed E-state index contributed by atoms with van der Waals surface area (Å²) in [6.07, 6.45) is 0. The van der Waals surface area contributed by atoms with E-state index in [1.165, 1.54) is 0 Å². The van der Waals surface area contributed by atoms with Gasteiger partial charge in [-0.1, -0.05) is 15.9 Å². The lowest BCUT2D eigenvalue weighted by Crippen LogP contribution is -2.07. The van der Waals surface area contributed by atoms with Crippen molar-refractivity contribution in [1.29, 1.82) is 0 Å². The summed E-state index contributed by atoms with van der Waals surface area (Å²) in [6.45, 7) is 3.55. The molecular weight excluding hydrogens is 248 g/mol. The Morgan fingerprint density at radius 1 is 1.38 bits per heavy atom. The number of hydrogen-bond acceptors (Lipinski definition) is 2. The average molecular weight is 259 g/mol. The second-order valence-corrected chi connectivity index (χ2v) is 5.15. The summed E-state index contributed by atoms with van der Waals surface area (Å²) >= 11 is 4.95. The molecule has 3 heteroatoms. The van der Waals surface area contributed by atoms with E-state index in [0.717, 1.165) is 9.37 Å². The Labute approximate surface area is 91.0 Å². The Morgan fingerprint density at radius 2 is 1.92 bits per heavy atom. The minimum absolute atomic E-state index is 0.0428. The van der Waals surface area contributed by atoms with Crippen molar-refractivity contribution in [3.63, 3.8) is 0 Å². The normalized spacial score (nSPS) is 12.5. The summed E-state index contributed by atoms with van der Waals surface area (Å²) in [5.74, 6) is 0.216. The van der Waals surface area contributed by atoms with Crippen LogP contribution in [0, 0.1) is 0 Å². The van der Waals surface area contributed by atoms with E-state index < -0.39 is 0 Å². The number of carbonyl (C=O) groups is 1. The van der Waals surface area contributed by atoms with E-state index >= 15 is 0 Å². The van der Waals surface area contributed by atoms with Crippen molar-refractivity contribution in [2.75, 3.05) is 0 Å². The lowest BCUT2D eigenvalue weighted by molar-refractivity contribution is -0.116. The van der Waals surface area contributed by atoms with Gasteiger partial charge in [-0.05, 0) is 38.1 Å². The highest BCUT2D eigenvalue weighted by Gasteiger charge is 2.08. The zero-order valence-electron chi connectivity index (χ0n) is 7.58. The van der Waals surface area contributed by atoms with Crippen LogP contribution in [0.3, 0.4) is 0 Å². The fraction of sp³-hybridized carbons (Fsp3) is 0.300. The van der Waals surface area contributed by atoms with Gasteiger partial charge in [0.2, 0.25) is 0 Å². The number of hydrogen-bond donors (Lipinski definition) is 0. The number of thioether (sulfide) groups is 1. The second-order valence-electron chi connectivity index (χ2n) is 2.82. The molecule has 0 aromatic heterocycles. The summed E-state index contributed by atoms with van der Waals surface area (Å²) in [5, 5.41) is 0.0428. The zero-order chi connectivity index (χ0) is 9.84. The molecule has 0 heterocycles. The maximum absolute atomic E-state index is 11.0. The molecule has 1 aromatic rings. The predicted octanol–water partition coefficient (Wildman–Crippen LogP) is 3.52. The standard InChI is InChI=1S/C10H11BrOS/c1-7(12)8(2)13-10-5-3-9(11)4-6-10/h3-6,8H,1-2H3/t8-/m1/s1. The molecule has 13 heavy (non-hydrogen) atoms. The van der Waals surface area contributed by atoms with Gasteiger partial charge in [0.1, 0.15) is 5.78 Å². The van der Waals surface area contributed by atoms with Gasteiger partial charge < -0.3 is 0 Å². The number of benzene rings is 1. The number of rotatable bonds is 3. The molecule has 70 valence electrons. The van der Waals surface area contributed by atoms with E-state index in [9.17, 15) is 4.79 Å². The lowest BCUT2D eigenvalue weighted by Gasteiger charge is -2.06. The predicted molar refractivity (Wildman–Crippen MR) is 60.1 cm³/mol. The van der Waals surface area contributed by atoms with Gasteiger partial charge in [0.25, 0.3) is 0 Å². The quantitative estimate of drug-likeness (QED) is 0.772. The van der Waals surface area contributed by atoms with Gasteiger partial charge in [-0.3, -0.25) is 4.79 Å². The van der Waals surface area contributed by atoms with Crippen molar-refractivity contribution in [3.8, 4) is 0 Å². The van der Waals surface area contributed by atoms with Crippen molar-refractivity contribution in [1.82, 2.24) is 0 Å². The van der Waals surface area contributed by atoms with E-state index in [2.05, 4.69) is 15.9 Å². The Hall–Kier alpha value is -0.280. The maximum Gasteiger partial charge on any atom is 0.142 e. The fourth-order valence-electron chi connectivity index (χ4n) is 0.800. The molecule has 0 fully saturated rings. The topological polar surface area (TPSA) is 17.1 Å². The number of ketones is 1. The fourth-order valence-corrected chi connectivity index (χ4v) is 1.93. The molecule has 0 unspecified atom stereocenters. The van der Waals surface area contributed by atoms with Crippen molar-refractivity contribution in [2.24, 2.45) is 0 Å². The van der Waals surface area contributed by atoms with Crippen LogP contribution in [0.25, 0.3) is 0 Å². The molecule has 1 atom stereocenters. The van der Waals surface area contributed by atoms with Gasteiger partial charge in [-0.2, -0.15) is 0 Å². The number of carbonyl (C=O) groups excluding carboxylic acids is 1.